The molecule has 148 valence electrons. The average molecular weight is 367 g/mol. The Morgan fingerprint density at radius 1 is 1.27 bits per heavy atom. The third-order valence-electron chi connectivity index (χ3n) is 5.57. The summed E-state index contributed by atoms with van der Waals surface area (Å²) in [6.45, 7) is 13.4. The van der Waals surface area contributed by atoms with Gasteiger partial charge in [0.05, 0.1) is 0 Å². The number of urea groups is 1. The van der Waals surface area contributed by atoms with Gasteiger partial charge in [0.15, 0.2) is 0 Å². The number of rotatable bonds is 7. The molecule has 1 saturated heterocycles. The Morgan fingerprint density at radius 2 is 1.92 bits per heavy atom. The SMILES string of the molecule is CCN(CC)CCNC(=O)CN1C(=O)NC2(CC(C)CC(C)(C)C2)C1=O. The first-order valence-electron chi connectivity index (χ1n) is 9.75. The fraction of sp³-hybridized carbons (Fsp3) is 0.842. The third kappa shape index (κ3) is 4.55. The second-order valence-electron chi connectivity index (χ2n) is 8.63. The topological polar surface area (TPSA) is 81.8 Å². The van der Waals surface area contributed by atoms with Crippen molar-refractivity contribution in [3.05, 3.63) is 0 Å². The minimum absolute atomic E-state index is 0.0113. The first kappa shape index (κ1) is 20.7. The fourth-order valence-electron chi connectivity index (χ4n) is 4.74. The maximum Gasteiger partial charge on any atom is 0.325 e. The quantitative estimate of drug-likeness (QED) is 0.670. The molecule has 7 heteroatoms. The summed E-state index contributed by atoms with van der Waals surface area (Å²) in [4.78, 5) is 40.9. The van der Waals surface area contributed by atoms with Crippen LogP contribution in [0.2, 0.25) is 0 Å². The Hall–Kier alpha value is -1.63. The van der Waals surface area contributed by atoms with Crippen LogP contribution in [-0.4, -0.2) is 65.9 Å². The van der Waals surface area contributed by atoms with E-state index in [4.69, 9.17) is 0 Å². The Kier molecular flexibility index (Phi) is 6.32. The summed E-state index contributed by atoms with van der Waals surface area (Å²) >= 11 is 0. The zero-order valence-corrected chi connectivity index (χ0v) is 16.9. The van der Waals surface area contributed by atoms with Crippen molar-refractivity contribution in [3.8, 4) is 0 Å². The predicted molar refractivity (Wildman–Crippen MR) is 101 cm³/mol. The van der Waals surface area contributed by atoms with Crippen molar-refractivity contribution in [2.45, 2.75) is 59.4 Å². The van der Waals surface area contributed by atoms with E-state index in [1.807, 2.05) is 0 Å². The lowest BCUT2D eigenvalue weighted by atomic mass is 9.64. The zero-order chi connectivity index (χ0) is 19.5. The van der Waals surface area contributed by atoms with Gasteiger partial charge < -0.3 is 15.5 Å². The largest absolute Gasteiger partial charge is 0.353 e. The minimum Gasteiger partial charge on any atom is -0.353 e. The summed E-state index contributed by atoms with van der Waals surface area (Å²) in [6, 6.07) is -0.446. The summed E-state index contributed by atoms with van der Waals surface area (Å²) in [5.41, 5.74) is -0.859. The van der Waals surface area contributed by atoms with E-state index in [-0.39, 0.29) is 23.8 Å². The van der Waals surface area contributed by atoms with Crippen LogP contribution in [0.15, 0.2) is 0 Å². The molecule has 2 fully saturated rings. The Bertz CT molecular complexity index is 559. The van der Waals surface area contributed by atoms with E-state index in [1.54, 1.807) is 0 Å². The maximum absolute atomic E-state index is 13.0. The highest BCUT2D eigenvalue weighted by Gasteiger charge is 2.56. The van der Waals surface area contributed by atoms with Crippen molar-refractivity contribution in [1.29, 1.82) is 0 Å². The molecule has 4 amide bonds. The smallest absolute Gasteiger partial charge is 0.325 e. The summed E-state index contributed by atoms with van der Waals surface area (Å²) in [7, 11) is 0. The number of nitrogens with zero attached hydrogens (tertiary/aromatic N) is 2. The van der Waals surface area contributed by atoms with Crippen molar-refractivity contribution >= 4 is 17.8 Å². The van der Waals surface area contributed by atoms with E-state index < -0.39 is 11.6 Å². The fourth-order valence-corrected chi connectivity index (χ4v) is 4.74. The molecular weight excluding hydrogens is 332 g/mol. The number of imide groups is 1. The van der Waals surface area contributed by atoms with E-state index in [0.29, 0.717) is 25.3 Å². The Labute approximate surface area is 156 Å². The number of likely N-dealkylation sites (N-methyl/N-ethyl adjacent to an activating group) is 1. The third-order valence-corrected chi connectivity index (χ3v) is 5.57. The lowest BCUT2D eigenvalue weighted by Crippen LogP contribution is -2.54. The van der Waals surface area contributed by atoms with Crippen LogP contribution in [0.1, 0.15) is 53.9 Å². The monoisotopic (exact) mass is 366 g/mol. The van der Waals surface area contributed by atoms with Gasteiger partial charge in [-0.2, -0.15) is 0 Å². The number of carbonyl (C=O) groups is 3. The minimum atomic E-state index is -0.847. The normalized spacial score (nSPS) is 27.9. The molecule has 1 saturated carbocycles. The van der Waals surface area contributed by atoms with Crippen molar-refractivity contribution in [3.63, 3.8) is 0 Å². The van der Waals surface area contributed by atoms with Crippen LogP contribution in [0.5, 0.6) is 0 Å². The number of hydrogen-bond donors (Lipinski definition) is 2. The molecule has 1 aliphatic heterocycles. The van der Waals surface area contributed by atoms with E-state index in [9.17, 15) is 14.4 Å². The number of hydrogen-bond acceptors (Lipinski definition) is 4. The molecule has 7 nitrogen and oxygen atoms in total. The van der Waals surface area contributed by atoms with Gasteiger partial charge in [0, 0.05) is 13.1 Å². The molecule has 2 rings (SSSR count). The molecular formula is C19H34N4O3. The summed E-state index contributed by atoms with van der Waals surface area (Å²) in [5.74, 6) is -0.187. The van der Waals surface area contributed by atoms with E-state index in [2.05, 4.69) is 50.2 Å². The van der Waals surface area contributed by atoms with Gasteiger partial charge in [0.25, 0.3) is 5.91 Å². The van der Waals surface area contributed by atoms with Crippen LogP contribution in [-0.2, 0) is 9.59 Å². The van der Waals surface area contributed by atoms with Gasteiger partial charge in [0.2, 0.25) is 5.91 Å². The van der Waals surface area contributed by atoms with Crippen LogP contribution in [0.4, 0.5) is 4.79 Å². The van der Waals surface area contributed by atoms with Crippen LogP contribution >= 0.6 is 0 Å². The van der Waals surface area contributed by atoms with Crippen LogP contribution in [0.3, 0.4) is 0 Å². The number of amides is 4. The first-order chi connectivity index (χ1) is 12.1. The standard InChI is InChI=1S/C19H34N4O3/c1-6-22(7-2)9-8-20-15(24)12-23-16(25)19(21-17(23)26)11-14(3)10-18(4,5)13-19/h14H,6-13H2,1-5H3,(H,20,24)(H,21,26). The predicted octanol–water partition coefficient (Wildman–Crippen LogP) is 1.58. The molecule has 0 aromatic carbocycles. The summed E-state index contributed by atoms with van der Waals surface area (Å²) in [6.07, 6.45) is 2.29. The second kappa shape index (κ2) is 7.94. The van der Waals surface area contributed by atoms with Gasteiger partial charge >= 0.3 is 6.03 Å². The van der Waals surface area contributed by atoms with Crippen molar-refractivity contribution in [1.82, 2.24) is 20.4 Å². The lowest BCUT2D eigenvalue weighted by Gasteiger charge is -2.43. The van der Waals surface area contributed by atoms with Gasteiger partial charge in [0.1, 0.15) is 12.1 Å². The Morgan fingerprint density at radius 3 is 2.50 bits per heavy atom. The average Bonchev–Trinajstić information content (AvgIpc) is 2.73. The zero-order valence-electron chi connectivity index (χ0n) is 16.9. The van der Waals surface area contributed by atoms with Crippen LogP contribution < -0.4 is 10.6 Å². The highest BCUT2D eigenvalue weighted by atomic mass is 16.2. The van der Waals surface area contributed by atoms with Gasteiger partial charge in [-0.05, 0) is 43.7 Å². The first-order valence-corrected chi connectivity index (χ1v) is 9.75. The molecule has 2 unspecified atom stereocenters. The van der Waals surface area contributed by atoms with Gasteiger partial charge in [-0.25, -0.2) is 4.79 Å². The molecule has 26 heavy (non-hydrogen) atoms. The molecule has 2 N–H and O–H groups in total. The Balaban J connectivity index is 1.95. The summed E-state index contributed by atoms with van der Waals surface area (Å²) < 4.78 is 0. The van der Waals surface area contributed by atoms with Crippen molar-refractivity contribution < 1.29 is 14.4 Å². The highest BCUT2D eigenvalue weighted by Crippen LogP contribution is 2.46. The van der Waals surface area contributed by atoms with Gasteiger partial charge in [-0.3, -0.25) is 14.5 Å². The molecule has 0 aromatic rings. The molecule has 1 aliphatic carbocycles. The highest BCUT2D eigenvalue weighted by molar-refractivity contribution is 6.09. The van der Waals surface area contributed by atoms with Crippen molar-refractivity contribution in [2.24, 2.45) is 11.3 Å². The van der Waals surface area contributed by atoms with Crippen LogP contribution in [0.25, 0.3) is 0 Å². The molecule has 1 heterocycles. The van der Waals surface area contributed by atoms with Gasteiger partial charge in [-0.1, -0.05) is 34.6 Å². The molecule has 0 radical (unpaired) electrons. The molecule has 0 aromatic heterocycles. The molecule has 0 bridgehead atoms. The molecule has 2 atom stereocenters. The molecule has 2 aliphatic rings. The van der Waals surface area contributed by atoms with E-state index in [0.717, 1.165) is 31.0 Å². The van der Waals surface area contributed by atoms with Gasteiger partial charge in [-0.15, -0.1) is 0 Å². The molecule has 1 spiro atoms. The van der Waals surface area contributed by atoms with Crippen molar-refractivity contribution in [2.75, 3.05) is 32.7 Å². The maximum atomic E-state index is 13.0. The van der Waals surface area contributed by atoms with E-state index >= 15 is 0 Å². The lowest BCUT2D eigenvalue weighted by molar-refractivity contribution is -0.137. The van der Waals surface area contributed by atoms with E-state index in [1.165, 1.54) is 0 Å². The number of carbonyl (C=O) groups excluding carboxylic acids is 3. The second-order valence-corrected chi connectivity index (χ2v) is 8.63. The van der Waals surface area contributed by atoms with Crippen LogP contribution in [0, 0.1) is 11.3 Å². The summed E-state index contributed by atoms with van der Waals surface area (Å²) in [5, 5.41) is 5.71. The number of nitrogens with one attached hydrogen (secondary N) is 2.